The molecular formula is C18H14N4O4S. The van der Waals surface area contributed by atoms with Gasteiger partial charge in [-0.2, -0.15) is 0 Å². The number of nitrogens with one attached hydrogen (secondary N) is 2. The molecule has 136 valence electrons. The van der Waals surface area contributed by atoms with Gasteiger partial charge in [-0.15, -0.1) is 0 Å². The minimum atomic E-state index is -3.93. The van der Waals surface area contributed by atoms with Crippen LogP contribution >= 0.6 is 0 Å². The second kappa shape index (κ2) is 6.36. The van der Waals surface area contributed by atoms with Crippen LogP contribution in [0.3, 0.4) is 0 Å². The van der Waals surface area contributed by atoms with Gasteiger partial charge >= 0.3 is 0 Å². The molecule has 1 aromatic carbocycles. The Kier molecular flexibility index (Phi) is 4.00. The van der Waals surface area contributed by atoms with Gasteiger partial charge in [0.1, 0.15) is 10.6 Å². The molecule has 0 bridgehead atoms. The molecule has 4 rings (SSSR count). The number of aromatic nitrogens is 2. The van der Waals surface area contributed by atoms with E-state index in [0.29, 0.717) is 0 Å². The van der Waals surface area contributed by atoms with Gasteiger partial charge < -0.3 is 10.6 Å². The van der Waals surface area contributed by atoms with Gasteiger partial charge in [0.2, 0.25) is 0 Å². The Morgan fingerprint density at radius 1 is 1.19 bits per heavy atom. The highest BCUT2D eigenvalue weighted by Gasteiger charge is 2.30. The first kappa shape index (κ1) is 17.0. The van der Waals surface area contributed by atoms with E-state index in [1.165, 1.54) is 36.5 Å². The zero-order valence-corrected chi connectivity index (χ0v) is 14.7. The van der Waals surface area contributed by atoms with Gasteiger partial charge in [-0.05, 0) is 42.0 Å². The third kappa shape index (κ3) is 2.97. The minimum absolute atomic E-state index is 0.00813. The van der Waals surface area contributed by atoms with Gasteiger partial charge in [0.25, 0.3) is 21.8 Å². The Morgan fingerprint density at radius 2 is 2.04 bits per heavy atom. The molecule has 8 nitrogen and oxygen atoms in total. The number of amides is 2. The molecule has 2 N–H and O–H groups in total. The van der Waals surface area contributed by atoms with Crippen molar-refractivity contribution in [2.75, 3.05) is 5.32 Å². The fraction of sp³-hybridized carbons (Fsp3) is 0.0556. The van der Waals surface area contributed by atoms with Gasteiger partial charge in [0.05, 0.1) is 5.69 Å². The lowest BCUT2D eigenvalue weighted by Crippen LogP contribution is -2.23. The summed E-state index contributed by atoms with van der Waals surface area (Å²) in [4.78, 5) is 28.6. The number of pyridine rings is 1. The van der Waals surface area contributed by atoms with Crippen molar-refractivity contribution in [3.8, 4) is 0 Å². The molecule has 1 aliphatic heterocycles. The van der Waals surface area contributed by atoms with Crippen LogP contribution in [-0.4, -0.2) is 29.2 Å². The number of rotatable bonds is 3. The van der Waals surface area contributed by atoms with Crippen molar-refractivity contribution in [1.82, 2.24) is 14.3 Å². The topological polar surface area (TPSA) is 110 Å². The van der Waals surface area contributed by atoms with Crippen molar-refractivity contribution < 1.29 is 18.0 Å². The first-order valence-electron chi connectivity index (χ1n) is 8.02. The predicted molar refractivity (Wildman–Crippen MR) is 96.8 cm³/mol. The smallest absolute Gasteiger partial charge is 0.273 e. The molecule has 1 aliphatic rings. The molecule has 2 aromatic heterocycles. The molecule has 0 radical (unpaired) electrons. The Morgan fingerprint density at radius 3 is 2.81 bits per heavy atom. The minimum Gasteiger partial charge on any atom is -0.348 e. The summed E-state index contributed by atoms with van der Waals surface area (Å²) in [6.07, 6.45) is 4.59. The lowest BCUT2D eigenvalue weighted by molar-refractivity contribution is 0.0949. The molecule has 0 saturated carbocycles. The van der Waals surface area contributed by atoms with Crippen LogP contribution in [0, 0.1) is 0 Å². The molecule has 3 heterocycles. The highest BCUT2D eigenvalue weighted by Crippen LogP contribution is 2.29. The molecule has 9 heteroatoms. The maximum absolute atomic E-state index is 12.8. The third-order valence-corrected chi connectivity index (χ3v) is 5.90. The van der Waals surface area contributed by atoms with Crippen molar-refractivity contribution in [2.24, 2.45) is 0 Å². The van der Waals surface area contributed by atoms with E-state index in [0.717, 1.165) is 9.54 Å². The molecule has 3 aromatic rings. The zero-order valence-electron chi connectivity index (χ0n) is 13.9. The molecular weight excluding hydrogens is 368 g/mol. The Balaban J connectivity index is 1.65. The lowest BCUT2D eigenvalue weighted by atomic mass is 10.1. The van der Waals surface area contributed by atoms with Crippen LogP contribution in [0.15, 0.2) is 66.0 Å². The largest absolute Gasteiger partial charge is 0.348 e. The van der Waals surface area contributed by atoms with E-state index in [9.17, 15) is 18.0 Å². The van der Waals surface area contributed by atoms with Crippen molar-refractivity contribution in [2.45, 2.75) is 11.4 Å². The number of hydrogen-bond donors (Lipinski definition) is 2. The SMILES string of the molecule is O=C(NCc1cccnc1)c1ccc2c(c1)NC(=O)c1cccn1S2(=O)=O. The van der Waals surface area contributed by atoms with E-state index in [-0.39, 0.29) is 28.4 Å². The van der Waals surface area contributed by atoms with Crippen LogP contribution in [0.2, 0.25) is 0 Å². The Labute approximate surface area is 154 Å². The molecule has 0 fully saturated rings. The van der Waals surface area contributed by atoms with E-state index in [4.69, 9.17) is 0 Å². The van der Waals surface area contributed by atoms with Crippen LogP contribution in [0.4, 0.5) is 5.69 Å². The predicted octanol–water partition coefficient (Wildman–Crippen LogP) is 1.62. The van der Waals surface area contributed by atoms with Gasteiger partial charge in [-0.25, -0.2) is 12.4 Å². The van der Waals surface area contributed by atoms with Gasteiger partial charge in [-0.1, -0.05) is 6.07 Å². The van der Waals surface area contributed by atoms with E-state index in [1.807, 2.05) is 6.07 Å². The summed E-state index contributed by atoms with van der Waals surface area (Å²) in [5, 5.41) is 5.30. The van der Waals surface area contributed by atoms with E-state index in [2.05, 4.69) is 15.6 Å². The summed E-state index contributed by atoms with van der Waals surface area (Å²) in [6.45, 7) is 0.278. The second-order valence-corrected chi connectivity index (χ2v) is 7.69. The molecule has 0 unspecified atom stereocenters. The number of hydrogen-bond acceptors (Lipinski definition) is 5. The maximum atomic E-state index is 12.8. The normalized spacial score (nSPS) is 14.4. The van der Waals surface area contributed by atoms with Crippen LogP contribution in [0.25, 0.3) is 0 Å². The van der Waals surface area contributed by atoms with Gasteiger partial charge in [-0.3, -0.25) is 14.6 Å². The van der Waals surface area contributed by atoms with E-state index >= 15 is 0 Å². The van der Waals surface area contributed by atoms with Crippen LogP contribution in [0.5, 0.6) is 0 Å². The van der Waals surface area contributed by atoms with E-state index in [1.54, 1.807) is 18.5 Å². The summed E-state index contributed by atoms with van der Waals surface area (Å²) in [6, 6.07) is 10.6. The van der Waals surface area contributed by atoms with Crippen LogP contribution < -0.4 is 10.6 Å². The van der Waals surface area contributed by atoms with Crippen molar-refractivity contribution in [3.05, 3.63) is 77.9 Å². The Bertz CT molecular complexity index is 1150. The average Bonchev–Trinajstić information content (AvgIpc) is 3.15. The fourth-order valence-corrected chi connectivity index (χ4v) is 4.30. The molecule has 0 saturated heterocycles. The molecule has 0 atom stereocenters. The third-order valence-electron chi connectivity index (χ3n) is 4.15. The van der Waals surface area contributed by atoms with Crippen LogP contribution in [0.1, 0.15) is 26.4 Å². The van der Waals surface area contributed by atoms with Gasteiger partial charge in [0.15, 0.2) is 0 Å². The second-order valence-electron chi connectivity index (χ2n) is 5.90. The zero-order chi connectivity index (χ0) is 19.0. The molecule has 0 aliphatic carbocycles. The fourth-order valence-electron chi connectivity index (χ4n) is 2.82. The number of fused-ring (bicyclic) bond motifs is 2. The highest BCUT2D eigenvalue weighted by atomic mass is 32.2. The maximum Gasteiger partial charge on any atom is 0.273 e. The number of carbonyl (C=O) groups is 2. The van der Waals surface area contributed by atoms with E-state index < -0.39 is 21.8 Å². The number of nitrogens with zero attached hydrogens (tertiary/aromatic N) is 2. The molecule has 27 heavy (non-hydrogen) atoms. The summed E-state index contributed by atoms with van der Waals surface area (Å²) in [5.41, 5.74) is 1.14. The Hall–Kier alpha value is -3.46. The van der Waals surface area contributed by atoms with Gasteiger partial charge in [0, 0.05) is 30.7 Å². The summed E-state index contributed by atoms with van der Waals surface area (Å²) in [7, 11) is -3.93. The quantitative estimate of drug-likeness (QED) is 0.715. The molecule has 2 amide bonds. The summed E-state index contributed by atoms with van der Waals surface area (Å²) >= 11 is 0. The first-order chi connectivity index (χ1) is 13.0. The average molecular weight is 382 g/mol. The first-order valence-corrected chi connectivity index (χ1v) is 9.46. The number of carbonyl (C=O) groups excluding carboxylic acids is 2. The highest BCUT2D eigenvalue weighted by molar-refractivity contribution is 7.90. The standard InChI is InChI=1S/C18H14N4O4S/c23-17(20-11-12-3-1-7-19-10-12)13-5-6-16-14(9-13)21-18(24)15-4-2-8-22(15)27(16,25)26/h1-10H,11H2,(H,20,23)(H,21,24). The van der Waals surface area contributed by atoms with Crippen molar-refractivity contribution in [1.29, 1.82) is 0 Å². The summed E-state index contributed by atoms with van der Waals surface area (Å²) in [5.74, 6) is -0.951. The lowest BCUT2D eigenvalue weighted by Gasteiger charge is -2.10. The van der Waals surface area contributed by atoms with Crippen molar-refractivity contribution in [3.63, 3.8) is 0 Å². The molecule has 0 spiro atoms. The number of benzene rings is 1. The monoisotopic (exact) mass is 382 g/mol. The van der Waals surface area contributed by atoms with Crippen molar-refractivity contribution >= 4 is 27.5 Å². The summed E-state index contributed by atoms with van der Waals surface area (Å²) < 4.78 is 26.5. The number of anilines is 1. The van der Waals surface area contributed by atoms with Crippen LogP contribution in [-0.2, 0) is 16.6 Å².